The summed E-state index contributed by atoms with van der Waals surface area (Å²) in [4.78, 5) is 5.45. The second kappa shape index (κ2) is 5.84. The molecular formula is C13H16N2O2S. The van der Waals surface area contributed by atoms with Gasteiger partial charge >= 0.3 is 0 Å². The zero-order valence-corrected chi connectivity index (χ0v) is 11.5. The van der Waals surface area contributed by atoms with E-state index in [9.17, 15) is 0 Å². The van der Waals surface area contributed by atoms with Gasteiger partial charge in [-0.05, 0) is 25.2 Å². The minimum absolute atomic E-state index is 0.775. The van der Waals surface area contributed by atoms with Crippen LogP contribution in [0.1, 0.15) is 5.01 Å². The second-order valence-electron chi connectivity index (χ2n) is 3.71. The Kier molecular flexibility index (Phi) is 4.17. The molecule has 0 amide bonds. The Bertz CT molecular complexity index is 525. The molecule has 4 nitrogen and oxygen atoms in total. The number of hydrogen-bond donors (Lipinski definition) is 1. The number of rotatable bonds is 5. The molecule has 2 rings (SSSR count). The summed E-state index contributed by atoms with van der Waals surface area (Å²) in [6, 6.07) is 5.76. The summed E-state index contributed by atoms with van der Waals surface area (Å²) in [5, 5.41) is 4.15. The monoisotopic (exact) mass is 264 g/mol. The lowest BCUT2D eigenvalue weighted by Crippen LogP contribution is -2.03. The van der Waals surface area contributed by atoms with Crippen molar-refractivity contribution in [3.05, 3.63) is 29.4 Å². The Morgan fingerprint density at radius 3 is 2.78 bits per heavy atom. The molecule has 0 aliphatic rings. The van der Waals surface area contributed by atoms with Gasteiger partial charge in [-0.1, -0.05) is 0 Å². The van der Waals surface area contributed by atoms with Crippen molar-refractivity contribution < 1.29 is 9.47 Å². The van der Waals surface area contributed by atoms with Crippen molar-refractivity contribution in [2.75, 3.05) is 21.3 Å². The summed E-state index contributed by atoms with van der Waals surface area (Å²) in [7, 11) is 5.23. The number of thiazole rings is 1. The van der Waals surface area contributed by atoms with Crippen LogP contribution in [0.3, 0.4) is 0 Å². The largest absolute Gasteiger partial charge is 0.497 e. The Morgan fingerprint density at radius 2 is 2.11 bits per heavy atom. The Morgan fingerprint density at radius 1 is 1.28 bits per heavy atom. The van der Waals surface area contributed by atoms with Gasteiger partial charge in [0.15, 0.2) is 0 Å². The molecule has 0 unspecified atom stereocenters. The van der Waals surface area contributed by atoms with E-state index in [0.29, 0.717) is 0 Å². The minimum atomic E-state index is 0.775. The highest BCUT2D eigenvalue weighted by molar-refractivity contribution is 7.15. The summed E-state index contributed by atoms with van der Waals surface area (Å²) in [5.41, 5.74) is 1.01. The van der Waals surface area contributed by atoms with E-state index in [1.54, 1.807) is 25.6 Å². The van der Waals surface area contributed by atoms with E-state index in [0.717, 1.165) is 33.5 Å². The molecule has 5 heteroatoms. The number of aromatic nitrogens is 1. The molecule has 0 aliphatic carbocycles. The molecule has 0 saturated heterocycles. The van der Waals surface area contributed by atoms with E-state index in [1.807, 2.05) is 31.4 Å². The molecular weight excluding hydrogens is 248 g/mol. The lowest BCUT2D eigenvalue weighted by molar-refractivity contribution is 0.404. The Balaban J connectivity index is 2.40. The van der Waals surface area contributed by atoms with Gasteiger partial charge in [-0.25, -0.2) is 4.98 Å². The highest BCUT2D eigenvalue weighted by Crippen LogP contribution is 2.36. The summed E-state index contributed by atoms with van der Waals surface area (Å²) < 4.78 is 10.6. The van der Waals surface area contributed by atoms with Crippen molar-refractivity contribution in [1.29, 1.82) is 0 Å². The number of nitrogens with zero attached hydrogens (tertiary/aromatic N) is 1. The fraction of sp³-hybridized carbons (Fsp3) is 0.308. The van der Waals surface area contributed by atoms with E-state index in [-0.39, 0.29) is 0 Å². The van der Waals surface area contributed by atoms with Gasteiger partial charge in [-0.2, -0.15) is 0 Å². The van der Waals surface area contributed by atoms with E-state index >= 15 is 0 Å². The molecule has 1 aromatic heterocycles. The average Bonchev–Trinajstić information content (AvgIpc) is 2.87. The summed E-state index contributed by atoms with van der Waals surface area (Å²) in [6.45, 7) is 0.775. The van der Waals surface area contributed by atoms with Crippen LogP contribution >= 0.6 is 11.3 Å². The predicted molar refractivity (Wildman–Crippen MR) is 73.4 cm³/mol. The van der Waals surface area contributed by atoms with Crippen LogP contribution in [0.25, 0.3) is 10.4 Å². The standard InChI is InChI=1S/C13H16N2O2S/c1-14-8-13-15-7-12(18-13)10-6-9(16-2)4-5-11(10)17-3/h4-7,14H,8H2,1-3H3. The molecule has 0 spiro atoms. The molecule has 1 N–H and O–H groups in total. The number of benzene rings is 1. The first-order valence-corrected chi connectivity index (χ1v) is 6.42. The predicted octanol–water partition coefficient (Wildman–Crippen LogP) is 2.55. The highest BCUT2D eigenvalue weighted by Gasteiger charge is 2.11. The fourth-order valence-corrected chi connectivity index (χ4v) is 2.62. The Hall–Kier alpha value is -1.59. The van der Waals surface area contributed by atoms with Crippen LogP contribution in [-0.4, -0.2) is 26.3 Å². The molecule has 1 aromatic carbocycles. The van der Waals surface area contributed by atoms with Crippen LogP contribution in [-0.2, 0) is 6.54 Å². The maximum Gasteiger partial charge on any atom is 0.127 e. The third kappa shape index (κ3) is 2.63. The molecule has 0 radical (unpaired) electrons. The zero-order valence-electron chi connectivity index (χ0n) is 10.7. The first kappa shape index (κ1) is 12.9. The van der Waals surface area contributed by atoms with Gasteiger partial charge in [0.2, 0.25) is 0 Å². The van der Waals surface area contributed by atoms with E-state index in [1.165, 1.54) is 0 Å². The highest BCUT2D eigenvalue weighted by atomic mass is 32.1. The van der Waals surface area contributed by atoms with Gasteiger partial charge in [0.25, 0.3) is 0 Å². The maximum atomic E-state index is 5.38. The van der Waals surface area contributed by atoms with Gasteiger partial charge in [-0.15, -0.1) is 11.3 Å². The number of ether oxygens (including phenoxy) is 2. The summed E-state index contributed by atoms with van der Waals surface area (Å²) >= 11 is 1.65. The van der Waals surface area contributed by atoms with Crippen LogP contribution in [0.5, 0.6) is 11.5 Å². The average molecular weight is 264 g/mol. The van der Waals surface area contributed by atoms with Gasteiger partial charge in [0.05, 0.1) is 19.1 Å². The van der Waals surface area contributed by atoms with Crippen molar-refractivity contribution in [1.82, 2.24) is 10.3 Å². The van der Waals surface area contributed by atoms with Crippen molar-refractivity contribution in [2.24, 2.45) is 0 Å². The van der Waals surface area contributed by atoms with Crippen molar-refractivity contribution in [3.63, 3.8) is 0 Å². The molecule has 0 aliphatic heterocycles. The summed E-state index contributed by atoms with van der Waals surface area (Å²) in [5.74, 6) is 1.64. The zero-order chi connectivity index (χ0) is 13.0. The minimum Gasteiger partial charge on any atom is -0.497 e. The van der Waals surface area contributed by atoms with Crippen molar-refractivity contribution in [3.8, 4) is 21.9 Å². The molecule has 2 aromatic rings. The Labute approximate surface area is 111 Å². The van der Waals surface area contributed by atoms with E-state index < -0.39 is 0 Å². The molecule has 18 heavy (non-hydrogen) atoms. The molecule has 1 heterocycles. The van der Waals surface area contributed by atoms with Gasteiger partial charge in [0.1, 0.15) is 16.5 Å². The van der Waals surface area contributed by atoms with Crippen LogP contribution in [0.4, 0.5) is 0 Å². The lowest BCUT2D eigenvalue weighted by atomic mass is 10.1. The van der Waals surface area contributed by atoms with E-state index in [4.69, 9.17) is 9.47 Å². The fourth-order valence-electron chi connectivity index (χ4n) is 1.67. The molecule has 96 valence electrons. The first-order chi connectivity index (χ1) is 8.78. The van der Waals surface area contributed by atoms with Gasteiger partial charge in [0, 0.05) is 18.3 Å². The normalized spacial score (nSPS) is 10.4. The molecule has 0 atom stereocenters. The third-order valence-corrected chi connectivity index (χ3v) is 3.58. The second-order valence-corrected chi connectivity index (χ2v) is 4.83. The third-order valence-electron chi connectivity index (χ3n) is 2.55. The number of hydrogen-bond acceptors (Lipinski definition) is 5. The van der Waals surface area contributed by atoms with Crippen LogP contribution in [0.15, 0.2) is 24.4 Å². The topological polar surface area (TPSA) is 43.4 Å². The van der Waals surface area contributed by atoms with E-state index in [2.05, 4.69) is 10.3 Å². The van der Waals surface area contributed by atoms with Crippen LogP contribution in [0, 0.1) is 0 Å². The van der Waals surface area contributed by atoms with Gasteiger partial charge < -0.3 is 14.8 Å². The summed E-state index contributed by atoms with van der Waals surface area (Å²) in [6.07, 6.45) is 1.87. The molecule has 0 bridgehead atoms. The van der Waals surface area contributed by atoms with Crippen LogP contribution in [0.2, 0.25) is 0 Å². The molecule has 0 fully saturated rings. The van der Waals surface area contributed by atoms with Crippen molar-refractivity contribution >= 4 is 11.3 Å². The smallest absolute Gasteiger partial charge is 0.127 e. The van der Waals surface area contributed by atoms with Crippen molar-refractivity contribution in [2.45, 2.75) is 6.54 Å². The number of methoxy groups -OCH3 is 2. The number of nitrogens with one attached hydrogen (secondary N) is 1. The van der Waals surface area contributed by atoms with Crippen LogP contribution < -0.4 is 14.8 Å². The quantitative estimate of drug-likeness (QED) is 0.901. The maximum absolute atomic E-state index is 5.38. The molecule has 0 saturated carbocycles. The lowest BCUT2D eigenvalue weighted by Gasteiger charge is -2.08. The van der Waals surface area contributed by atoms with Gasteiger partial charge in [-0.3, -0.25) is 0 Å². The SMILES string of the molecule is CNCc1ncc(-c2cc(OC)ccc2OC)s1. The first-order valence-electron chi connectivity index (χ1n) is 5.60.